The number of aliphatic hydroxyl groups is 1. The Balaban J connectivity index is 1.94. The molecule has 5 heteroatoms. The predicted octanol–water partition coefficient (Wildman–Crippen LogP) is 1.48. The minimum atomic E-state index is -0.0742. The molecule has 0 aliphatic carbocycles. The Morgan fingerprint density at radius 3 is 3.00 bits per heavy atom. The first-order valence-electron chi connectivity index (χ1n) is 7.02. The zero-order chi connectivity index (χ0) is 14.4. The normalized spacial score (nSPS) is 19.6. The third-order valence-electron chi connectivity index (χ3n) is 3.69. The number of para-hydroxylation sites is 2. The summed E-state index contributed by atoms with van der Waals surface area (Å²) in [4.78, 5) is 14.2. The summed E-state index contributed by atoms with van der Waals surface area (Å²) in [5, 5.41) is 12.2. The molecular formula is C15H22N2O3. The lowest BCUT2D eigenvalue weighted by molar-refractivity contribution is -0.118. The van der Waals surface area contributed by atoms with Crippen LogP contribution in [0.1, 0.15) is 19.3 Å². The van der Waals surface area contributed by atoms with E-state index in [-0.39, 0.29) is 18.6 Å². The summed E-state index contributed by atoms with van der Waals surface area (Å²) >= 11 is 0. The lowest BCUT2D eigenvalue weighted by Crippen LogP contribution is -2.45. The predicted molar refractivity (Wildman–Crippen MR) is 77.9 cm³/mol. The maximum atomic E-state index is 12.1. The Hall–Kier alpha value is -1.59. The van der Waals surface area contributed by atoms with Gasteiger partial charge in [-0.2, -0.15) is 0 Å². The number of rotatable bonds is 5. The van der Waals surface area contributed by atoms with Gasteiger partial charge in [0.2, 0.25) is 5.91 Å². The van der Waals surface area contributed by atoms with E-state index < -0.39 is 0 Å². The highest BCUT2D eigenvalue weighted by atomic mass is 16.5. The highest BCUT2D eigenvalue weighted by molar-refractivity contribution is 5.93. The highest BCUT2D eigenvalue weighted by Gasteiger charge is 2.23. The molecule has 20 heavy (non-hydrogen) atoms. The molecule has 110 valence electrons. The quantitative estimate of drug-likeness (QED) is 0.856. The van der Waals surface area contributed by atoms with Gasteiger partial charge in [0.1, 0.15) is 5.75 Å². The number of nitrogens with one attached hydrogen (secondary N) is 1. The summed E-state index contributed by atoms with van der Waals surface area (Å²) in [5.41, 5.74) is 0.678. The fourth-order valence-electron chi connectivity index (χ4n) is 2.60. The lowest BCUT2D eigenvalue weighted by atomic mass is 10.0. The smallest absolute Gasteiger partial charge is 0.238 e. The number of methoxy groups -OCH3 is 1. The number of amides is 1. The van der Waals surface area contributed by atoms with Crippen molar-refractivity contribution in [2.45, 2.75) is 25.3 Å². The van der Waals surface area contributed by atoms with Crippen LogP contribution in [-0.2, 0) is 4.79 Å². The highest BCUT2D eigenvalue weighted by Crippen LogP contribution is 2.23. The van der Waals surface area contributed by atoms with Gasteiger partial charge in [-0.3, -0.25) is 9.69 Å². The van der Waals surface area contributed by atoms with Gasteiger partial charge >= 0.3 is 0 Å². The second-order valence-electron chi connectivity index (χ2n) is 5.05. The SMILES string of the molecule is COc1ccccc1NC(=O)CN1CCCC[C@@H]1CO. The molecule has 0 spiro atoms. The third kappa shape index (κ3) is 3.71. The molecule has 0 bridgehead atoms. The molecule has 0 unspecified atom stereocenters. The van der Waals surface area contributed by atoms with E-state index in [4.69, 9.17) is 4.74 Å². The summed E-state index contributed by atoms with van der Waals surface area (Å²) < 4.78 is 5.21. The molecule has 1 aliphatic rings. The van der Waals surface area contributed by atoms with Crippen molar-refractivity contribution in [2.75, 3.05) is 32.1 Å². The van der Waals surface area contributed by atoms with Gasteiger partial charge < -0.3 is 15.2 Å². The van der Waals surface area contributed by atoms with E-state index in [1.165, 1.54) is 0 Å². The molecule has 1 saturated heterocycles. The molecule has 0 saturated carbocycles. The molecule has 1 aromatic rings. The van der Waals surface area contributed by atoms with E-state index in [0.29, 0.717) is 18.0 Å². The fourth-order valence-corrected chi connectivity index (χ4v) is 2.60. The number of ether oxygens (including phenoxy) is 1. The van der Waals surface area contributed by atoms with Crippen molar-refractivity contribution in [2.24, 2.45) is 0 Å². The monoisotopic (exact) mass is 278 g/mol. The van der Waals surface area contributed by atoms with E-state index in [1.54, 1.807) is 7.11 Å². The second-order valence-corrected chi connectivity index (χ2v) is 5.05. The molecule has 0 aromatic heterocycles. The van der Waals surface area contributed by atoms with E-state index in [2.05, 4.69) is 5.32 Å². The molecule has 2 N–H and O–H groups in total. The number of aliphatic hydroxyl groups excluding tert-OH is 1. The Labute approximate surface area is 119 Å². The topological polar surface area (TPSA) is 61.8 Å². The number of benzene rings is 1. The van der Waals surface area contributed by atoms with Crippen molar-refractivity contribution in [1.29, 1.82) is 0 Å². The first kappa shape index (κ1) is 14.8. The zero-order valence-corrected chi connectivity index (χ0v) is 11.8. The largest absolute Gasteiger partial charge is 0.495 e. The number of nitrogens with zero attached hydrogens (tertiary/aromatic N) is 1. The number of hydrogen-bond donors (Lipinski definition) is 2. The average molecular weight is 278 g/mol. The van der Waals surface area contributed by atoms with Crippen molar-refractivity contribution >= 4 is 11.6 Å². The molecular weight excluding hydrogens is 256 g/mol. The van der Waals surface area contributed by atoms with Gasteiger partial charge in [0.15, 0.2) is 0 Å². The van der Waals surface area contributed by atoms with Crippen LogP contribution in [-0.4, -0.2) is 48.8 Å². The Morgan fingerprint density at radius 1 is 1.45 bits per heavy atom. The maximum Gasteiger partial charge on any atom is 0.238 e. The molecule has 1 aromatic carbocycles. The number of anilines is 1. The van der Waals surface area contributed by atoms with Gasteiger partial charge in [-0.05, 0) is 31.5 Å². The number of likely N-dealkylation sites (tertiary alicyclic amines) is 1. The van der Waals surface area contributed by atoms with Gasteiger partial charge in [-0.25, -0.2) is 0 Å². The summed E-state index contributed by atoms with van der Waals surface area (Å²) in [6, 6.07) is 7.45. The van der Waals surface area contributed by atoms with Crippen LogP contribution >= 0.6 is 0 Å². The molecule has 1 heterocycles. The maximum absolute atomic E-state index is 12.1. The van der Waals surface area contributed by atoms with Gasteiger partial charge in [0.05, 0.1) is 25.9 Å². The van der Waals surface area contributed by atoms with E-state index >= 15 is 0 Å². The summed E-state index contributed by atoms with van der Waals surface area (Å²) in [6.07, 6.45) is 3.16. The van der Waals surface area contributed by atoms with Crippen molar-refractivity contribution in [3.05, 3.63) is 24.3 Å². The second kappa shape index (κ2) is 7.26. The lowest BCUT2D eigenvalue weighted by Gasteiger charge is -2.33. The molecule has 1 aliphatic heterocycles. The van der Waals surface area contributed by atoms with Crippen LogP contribution in [0.5, 0.6) is 5.75 Å². The Morgan fingerprint density at radius 2 is 2.25 bits per heavy atom. The molecule has 1 atom stereocenters. The molecule has 1 fully saturated rings. The summed E-state index contributed by atoms with van der Waals surface area (Å²) in [7, 11) is 1.58. The van der Waals surface area contributed by atoms with Gasteiger partial charge in [-0.1, -0.05) is 18.6 Å². The first-order valence-corrected chi connectivity index (χ1v) is 7.02. The molecule has 0 radical (unpaired) electrons. The minimum absolute atomic E-state index is 0.0742. The fraction of sp³-hybridized carbons (Fsp3) is 0.533. The van der Waals surface area contributed by atoms with E-state index in [9.17, 15) is 9.90 Å². The molecule has 2 rings (SSSR count). The summed E-state index contributed by atoms with van der Waals surface area (Å²) in [6.45, 7) is 1.29. The minimum Gasteiger partial charge on any atom is -0.495 e. The standard InChI is InChI=1S/C15H22N2O3/c1-20-14-8-3-2-7-13(14)16-15(19)10-17-9-5-4-6-12(17)11-18/h2-3,7-8,12,18H,4-6,9-11H2,1H3,(H,16,19)/t12-/m1/s1. The van der Waals surface area contributed by atoms with E-state index in [0.717, 1.165) is 25.8 Å². The first-order chi connectivity index (χ1) is 9.74. The number of piperidine rings is 1. The van der Waals surface area contributed by atoms with Crippen LogP contribution < -0.4 is 10.1 Å². The van der Waals surface area contributed by atoms with Crippen LogP contribution in [0.25, 0.3) is 0 Å². The zero-order valence-electron chi connectivity index (χ0n) is 11.8. The van der Waals surface area contributed by atoms with Crippen molar-refractivity contribution < 1.29 is 14.6 Å². The van der Waals surface area contributed by atoms with E-state index in [1.807, 2.05) is 29.2 Å². The third-order valence-corrected chi connectivity index (χ3v) is 3.69. The molecule has 1 amide bonds. The van der Waals surface area contributed by atoms with Crippen molar-refractivity contribution in [1.82, 2.24) is 4.90 Å². The van der Waals surface area contributed by atoms with Gasteiger partial charge in [-0.15, -0.1) is 0 Å². The van der Waals surface area contributed by atoms with Gasteiger partial charge in [0, 0.05) is 6.04 Å². The van der Waals surface area contributed by atoms with Crippen LogP contribution in [0, 0.1) is 0 Å². The average Bonchev–Trinajstić information content (AvgIpc) is 2.48. The Kier molecular flexibility index (Phi) is 5.38. The van der Waals surface area contributed by atoms with Crippen LogP contribution in [0.15, 0.2) is 24.3 Å². The number of carbonyl (C=O) groups is 1. The molecule has 5 nitrogen and oxygen atoms in total. The van der Waals surface area contributed by atoms with Crippen LogP contribution in [0.4, 0.5) is 5.69 Å². The van der Waals surface area contributed by atoms with Crippen molar-refractivity contribution in [3.63, 3.8) is 0 Å². The van der Waals surface area contributed by atoms with Crippen molar-refractivity contribution in [3.8, 4) is 5.75 Å². The summed E-state index contributed by atoms with van der Waals surface area (Å²) in [5.74, 6) is 0.577. The van der Waals surface area contributed by atoms with Crippen LogP contribution in [0.3, 0.4) is 0 Å². The number of carbonyl (C=O) groups excluding carboxylic acids is 1. The van der Waals surface area contributed by atoms with Gasteiger partial charge in [0.25, 0.3) is 0 Å². The van der Waals surface area contributed by atoms with Crippen LogP contribution in [0.2, 0.25) is 0 Å². The Bertz CT molecular complexity index is 450. The number of hydrogen-bond acceptors (Lipinski definition) is 4.